The average Bonchev–Trinajstić information content (AvgIpc) is 2.26. The minimum Gasteiger partial charge on any atom is -0.465 e. The van der Waals surface area contributed by atoms with E-state index in [1.807, 2.05) is 6.07 Å². The molecule has 1 aromatic carbocycles. The molecule has 0 amide bonds. The predicted molar refractivity (Wildman–Crippen MR) is 61.2 cm³/mol. The Kier molecular flexibility index (Phi) is 4.43. The van der Waals surface area contributed by atoms with E-state index in [4.69, 9.17) is 17.3 Å². The predicted octanol–water partition coefficient (Wildman–Crippen LogP) is 2.23. The smallest absolute Gasteiger partial charge is 0.338 e. The number of esters is 1. The summed E-state index contributed by atoms with van der Waals surface area (Å²) >= 11 is 5.61. The van der Waals surface area contributed by atoms with Crippen molar-refractivity contribution in [3.05, 3.63) is 29.3 Å². The number of anilines is 1. The zero-order valence-corrected chi connectivity index (χ0v) is 9.38. The van der Waals surface area contributed by atoms with Gasteiger partial charge in [0.15, 0.2) is 0 Å². The molecule has 0 aliphatic rings. The minimum absolute atomic E-state index is 0.355. The Labute approximate surface area is 94.2 Å². The quantitative estimate of drug-likeness (QED) is 0.488. The standard InChI is InChI=1S/C11H14ClNO2/c1-15-11(14)10-7-9(13)5-4-8(10)3-2-6-12/h4-5,7H,2-3,6,13H2,1H3. The Bertz CT molecular complexity index is 352. The second-order valence-electron chi connectivity index (χ2n) is 3.20. The number of benzene rings is 1. The molecular weight excluding hydrogens is 214 g/mol. The first-order valence-corrected chi connectivity index (χ1v) is 5.25. The topological polar surface area (TPSA) is 52.3 Å². The molecule has 0 bridgehead atoms. The van der Waals surface area contributed by atoms with Crippen LogP contribution in [-0.2, 0) is 11.2 Å². The molecule has 3 nitrogen and oxygen atoms in total. The van der Waals surface area contributed by atoms with Gasteiger partial charge in [-0.15, -0.1) is 11.6 Å². The summed E-state index contributed by atoms with van der Waals surface area (Å²) in [7, 11) is 1.36. The maximum atomic E-state index is 11.4. The number of methoxy groups -OCH3 is 1. The van der Waals surface area contributed by atoms with Crippen LogP contribution in [0.1, 0.15) is 22.3 Å². The average molecular weight is 228 g/mol. The highest BCUT2D eigenvalue weighted by molar-refractivity contribution is 6.17. The fourth-order valence-electron chi connectivity index (χ4n) is 1.37. The Morgan fingerprint density at radius 2 is 2.27 bits per heavy atom. The van der Waals surface area contributed by atoms with E-state index in [0.29, 0.717) is 17.1 Å². The van der Waals surface area contributed by atoms with Gasteiger partial charge in [0, 0.05) is 11.6 Å². The molecule has 2 N–H and O–H groups in total. The number of carbonyl (C=O) groups excluding carboxylic acids is 1. The number of aryl methyl sites for hydroxylation is 1. The van der Waals surface area contributed by atoms with Crippen LogP contribution in [-0.4, -0.2) is 19.0 Å². The van der Waals surface area contributed by atoms with Gasteiger partial charge in [-0.1, -0.05) is 6.07 Å². The number of ether oxygens (including phenoxy) is 1. The molecule has 82 valence electrons. The summed E-state index contributed by atoms with van der Waals surface area (Å²) in [6, 6.07) is 5.25. The summed E-state index contributed by atoms with van der Waals surface area (Å²) in [6.45, 7) is 0. The Balaban J connectivity index is 2.97. The van der Waals surface area contributed by atoms with Crippen LogP contribution >= 0.6 is 11.6 Å². The number of nitrogen functional groups attached to an aromatic ring is 1. The van der Waals surface area contributed by atoms with Crippen molar-refractivity contribution in [1.82, 2.24) is 0 Å². The highest BCUT2D eigenvalue weighted by Gasteiger charge is 2.11. The number of hydrogen-bond acceptors (Lipinski definition) is 3. The Morgan fingerprint density at radius 1 is 1.53 bits per heavy atom. The molecule has 0 aliphatic heterocycles. The third kappa shape index (κ3) is 3.13. The third-order valence-corrected chi connectivity index (χ3v) is 2.39. The summed E-state index contributed by atoms with van der Waals surface area (Å²) in [5.74, 6) is 0.220. The second kappa shape index (κ2) is 5.61. The lowest BCUT2D eigenvalue weighted by Gasteiger charge is -2.07. The first kappa shape index (κ1) is 11.9. The monoisotopic (exact) mass is 227 g/mol. The van der Waals surface area contributed by atoms with Crippen molar-refractivity contribution in [2.45, 2.75) is 12.8 Å². The number of carbonyl (C=O) groups is 1. The maximum absolute atomic E-state index is 11.4. The fraction of sp³-hybridized carbons (Fsp3) is 0.364. The van der Waals surface area contributed by atoms with Crippen LogP contribution in [0.25, 0.3) is 0 Å². The van der Waals surface area contributed by atoms with Crippen LogP contribution in [0.3, 0.4) is 0 Å². The summed E-state index contributed by atoms with van der Waals surface area (Å²) in [5.41, 5.74) is 7.63. The summed E-state index contributed by atoms with van der Waals surface area (Å²) in [5, 5.41) is 0. The number of halogens is 1. The minimum atomic E-state index is -0.355. The van der Waals surface area contributed by atoms with Gasteiger partial charge in [-0.25, -0.2) is 4.79 Å². The van der Waals surface area contributed by atoms with Gasteiger partial charge in [0.1, 0.15) is 0 Å². The van der Waals surface area contributed by atoms with Gasteiger partial charge in [-0.05, 0) is 30.5 Å². The molecule has 0 aliphatic carbocycles. The molecule has 0 fully saturated rings. The first-order valence-electron chi connectivity index (χ1n) is 4.71. The molecule has 0 atom stereocenters. The Hall–Kier alpha value is -1.22. The zero-order valence-electron chi connectivity index (χ0n) is 8.63. The SMILES string of the molecule is COC(=O)c1cc(N)ccc1CCCCl. The number of nitrogens with two attached hydrogens (primary N) is 1. The molecule has 1 rings (SSSR count). The molecule has 4 heteroatoms. The van der Waals surface area contributed by atoms with E-state index < -0.39 is 0 Å². The van der Waals surface area contributed by atoms with Gasteiger partial charge in [0.25, 0.3) is 0 Å². The summed E-state index contributed by atoms with van der Waals surface area (Å²) in [6.07, 6.45) is 1.59. The number of hydrogen-bond donors (Lipinski definition) is 1. The molecule has 0 unspecified atom stereocenters. The summed E-state index contributed by atoms with van der Waals surface area (Å²) < 4.78 is 4.68. The molecule has 0 aromatic heterocycles. The highest BCUT2D eigenvalue weighted by Crippen LogP contribution is 2.16. The van der Waals surface area contributed by atoms with Crippen LogP contribution in [0.4, 0.5) is 5.69 Å². The normalized spacial score (nSPS) is 10.0. The number of rotatable bonds is 4. The van der Waals surface area contributed by atoms with Crippen molar-refractivity contribution >= 4 is 23.3 Å². The van der Waals surface area contributed by atoms with Crippen molar-refractivity contribution in [3.63, 3.8) is 0 Å². The molecule has 0 saturated heterocycles. The van der Waals surface area contributed by atoms with Gasteiger partial charge in [-0.3, -0.25) is 0 Å². The van der Waals surface area contributed by atoms with Crippen LogP contribution in [0.5, 0.6) is 0 Å². The van der Waals surface area contributed by atoms with Crippen molar-refractivity contribution in [1.29, 1.82) is 0 Å². The van der Waals surface area contributed by atoms with Crippen molar-refractivity contribution < 1.29 is 9.53 Å². The van der Waals surface area contributed by atoms with Gasteiger partial charge < -0.3 is 10.5 Å². The highest BCUT2D eigenvalue weighted by atomic mass is 35.5. The lowest BCUT2D eigenvalue weighted by atomic mass is 10.0. The van der Waals surface area contributed by atoms with Gasteiger partial charge in [0.2, 0.25) is 0 Å². The molecule has 0 spiro atoms. The third-order valence-electron chi connectivity index (χ3n) is 2.12. The van der Waals surface area contributed by atoms with Crippen molar-refractivity contribution in [2.24, 2.45) is 0 Å². The van der Waals surface area contributed by atoms with E-state index in [1.165, 1.54) is 7.11 Å². The molecule has 0 heterocycles. The van der Waals surface area contributed by atoms with E-state index >= 15 is 0 Å². The first-order chi connectivity index (χ1) is 7.19. The van der Waals surface area contributed by atoms with Crippen molar-refractivity contribution in [3.8, 4) is 0 Å². The fourth-order valence-corrected chi connectivity index (χ4v) is 1.50. The van der Waals surface area contributed by atoms with Gasteiger partial charge in [0.05, 0.1) is 12.7 Å². The zero-order chi connectivity index (χ0) is 11.3. The van der Waals surface area contributed by atoms with Gasteiger partial charge >= 0.3 is 5.97 Å². The maximum Gasteiger partial charge on any atom is 0.338 e. The Morgan fingerprint density at radius 3 is 2.87 bits per heavy atom. The lowest BCUT2D eigenvalue weighted by molar-refractivity contribution is 0.0599. The van der Waals surface area contributed by atoms with E-state index in [9.17, 15) is 4.79 Å². The van der Waals surface area contributed by atoms with E-state index in [1.54, 1.807) is 12.1 Å². The number of alkyl halides is 1. The second-order valence-corrected chi connectivity index (χ2v) is 3.58. The van der Waals surface area contributed by atoms with E-state index in [-0.39, 0.29) is 5.97 Å². The van der Waals surface area contributed by atoms with Gasteiger partial charge in [-0.2, -0.15) is 0 Å². The molecule has 15 heavy (non-hydrogen) atoms. The van der Waals surface area contributed by atoms with E-state index in [0.717, 1.165) is 18.4 Å². The summed E-state index contributed by atoms with van der Waals surface area (Å²) in [4.78, 5) is 11.4. The van der Waals surface area contributed by atoms with E-state index in [2.05, 4.69) is 4.74 Å². The van der Waals surface area contributed by atoms with Crippen LogP contribution in [0.15, 0.2) is 18.2 Å². The van der Waals surface area contributed by atoms with Crippen LogP contribution < -0.4 is 5.73 Å². The lowest BCUT2D eigenvalue weighted by Crippen LogP contribution is -2.07. The van der Waals surface area contributed by atoms with Crippen LogP contribution in [0.2, 0.25) is 0 Å². The largest absolute Gasteiger partial charge is 0.465 e. The molecule has 0 radical (unpaired) electrons. The van der Waals surface area contributed by atoms with Crippen molar-refractivity contribution in [2.75, 3.05) is 18.7 Å². The van der Waals surface area contributed by atoms with Crippen LogP contribution in [0, 0.1) is 0 Å². The molecular formula is C11H14ClNO2. The molecule has 0 saturated carbocycles. The molecule has 1 aromatic rings.